The number of nitrogens with one attached hydrogen (secondary N) is 2. The molecule has 3 rings (SSSR count). The second kappa shape index (κ2) is 6.83. The van der Waals surface area contributed by atoms with Crippen LogP contribution in [0.3, 0.4) is 0 Å². The van der Waals surface area contributed by atoms with Crippen LogP contribution < -0.4 is 10.6 Å². The number of rotatable bonds is 5. The average Bonchev–Trinajstić information content (AvgIpc) is 3.00. The molecule has 0 saturated carbocycles. The van der Waals surface area contributed by atoms with Gasteiger partial charge in [-0.3, -0.25) is 9.69 Å². The van der Waals surface area contributed by atoms with Crippen molar-refractivity contribution in [3.8, 4) is 0 Å². The Balaban J connectivity index is 1.84. The molecule has 6 heteroatoms. The summed E-state index contributed by atoms with van der Waals surface area (Å²) < 4.78 is 0. The molecule has 0 aromatic carbocycles. The summed E-state index contributed by atoms with van der Waals surface area (Å²) in [5.74, 6) is 1.72. The summed E-state index contributed by atoms with van der Waals surface area (Å²) >= 11 is 0. The molecule has 126 valence electrons. The van der Waals surface area contributed by atoms with E-state index in [9.17, 15) is 4.79 Å². The highest BCUT2D eigenvalue weighted by Gasteiger charge is 2.26. The van der Waals surface area contributed by atoms with Crippen molar-refractivity contribution in [2.75, 3.05) is 31.5 Å². The standard InChI is InChI=1S/C17H27N5O/c1-4-22-9-5-6-12(22)10-19-16-13-7-8-18-17(23)14(13)20-15(21-16)11(2)3/h11-12H,4-10H2,1-3H3,(H,18,23)(H,19,20,21). The molecule has 0 spiro atoms. The summed E-state index contributed by atoms with van der Waals surface area (Å²) in [6.45, 7) is 10.2. The molecule has 1 saturated heterocycles. The third-order valence-corrected chi connectivity index (χ3v) is 4.83. The van der Waals surface area contributed by atoms with E-state index in [2.05, 4.69) is 41.3 Å². The number of hydrogen-bond acceptors (Lipinski definition) is 5. The molecule has 0 bridgehead atoms. The fourth-order valence-electron chi connectivity index (χ4n) is 3.47. The van der Waals surface area contributed by atoms with Crippen LogP contribution in [0.4, 0.5) is 5.82 Å². The van der Waals surface area contributed by atoms with Crippen molar-refractivity contribution in [1.29, 1.82) is 0 Å². The van der Waals surface area contributed by atoms with E-state index in [1.165, 1.54) is 19.4 Å². The zero-order valence-corrected chi connectivity index (χ0v) is 14.4. The van der Waals surface area contributed by atoms with Crippen LogP contribution in [0.5, 0.6) is 0 Å². The lowest BCUT2D eigenvalue weighted by Gasteiger charge is -2.25. The summed E-state index contributed by atoms with van der Waals surface area (Å²) in [7, 11) is 0. The highest BCUT2D eigenvalue weighted by atomic mass is 16.1. The first-order valence-corrected chi connectivity index (χ1v) is 8.77. The molecule has 6 nitrogen and oxygen atoms in total. The number of aromatic nitrogens is 2. The van der Waals surface area contributed by atoms with E-state index >= 15 is 0 Å². The van der Waals surface area contributed by atoms with Crippen LogP contribution in [0.2, 0.25) is 0 Å². The molecule has 1 unspecified atom stereocenters. The molecular formula is C17H27N5O. The lowest BCUT2D eigenvalue weighted by atomic mass is 10.0. The number of carbonyl (C=O) groups is 1. The molecule has 2 N–H and O–H groups in total. The predicted octanol–water partition coefficient (Wildman–Crippen LogP) is 1.78. The molecule has 1 amide bonds. The SMILES string of the molecule is CCN1CCCC1CNc1nc(C(C)C)nc2c1CCNC2=O. The molecule has 1 aromatic heterocycles. The highest BCUT2D eigenvalue weighted by molar-refractivity contribution is 5.96. The Labute approximate surface area is 138 Å². The number of likely N-dealkylation sites (N-methyl/N-ethyl adjacent to an activating group) is 1. The third-order valence-electron chi connectivity index (χ3n) is 4.83. The van der Waals surface area contributed by atoms with Gasteiger partial charge in [0.2, 0.25) is 0 Å². The third kappa shape index (κ3) is 3.32. The smallest absolute Gasteiger partial charge is 0.270 e. The summed E-state index contributed by atoms with van der Waals surface area (Å²) in [6, 6.07) is 0.561. The Morgan fingerprint density at radius 2 is 2.22 bits per heavy atom. The summed E-state index contributed by atoms with van der Waals surface area (Å²) in [4.78, 5) is 23.8. The number of fused-ring (bicyclic) bond motifs is 1. The largest absolute Gasteiger partial charge is 0.368 e. The van der Waals surface area contributed by atoms with Gasteiger partial charge in [0, 0.05) is 30.6 Å². The van der Waals surface area contributed by atoms with Crippen molar-refractivity contribution >= 4 is 11.7 Å². The molecule has 1 fully saturated rings. The van der Waals surface area contributed by atoms with Gasteiger partial charge in [-0.05, 0) is 32.4 Å². The fourth-order valence-corrected chi connectivity index (χ4v) is 3.47. The fraction of sp³-hybridized carbons (Fsp3) is 0.706. The van der Waals surface area contributed by atoms with Gasteiger partial charge in [-0.2, -0.15) is 0 Å². The zero-order chi connectivity index (χ0) is 16.4. The van der Waals surface area contributed by atoms with Crippen LogP contribution >= 0.6 is 0 Å². The van der Waals surface area contributed by atoms with Gasteiger partial charge in [0.05, 0.1) is 0 Å². The lowest BCUT2D eigenvalue weighted by Crippen LogP contribution is -2.37. The van der Waals surface area contributed by atoms with E-state index in [0.29, 0.717) is 18.3 Å². The second-order valence-electron chi connectivity index (χ2n) is 6.72. The van der Waals surface area contributed by atoms with Gasteiger partial charge in [0.15, 0.2) is 0 Å². The average molecular weight is 317 g/mol. The quantitative estimate of drug-likeness (QED) is 0.866. The predicted molar refractivity (Wildman–Crippen MR) is 90.9 cm³/mol. The van der Waals surface area contributed by atoms with E-state index < -0.39 is 0 Å². The Kier molecular flexibility index (Phi) is 4.80. The van der Waals surface area contributed by atoms with Crippen LogP contribution in [0.25, 0.3) is 0 Å². The van der Waals surface area contributed by atoms with Crippen molar-refractivity contribution < 1.29 is 4.79 Å². The van der Waals surface area contributed by atoms with E-state index in [0.717, 1.165) is 36.7 Å². The van der Waals surface area contributed by atoms with Crippen LogP contribution in [0.1, 0.15) is 61.4 Å². The van der Waals surface area contributed by atoms with Gasteiger partial charge in [0.1, 0.15) is 17.3 Å². The van der Waals surface area contributed by atoms with Gasteiger partial charge in [0.25, 0.3) is 5.91 Å². The second-order valence-corrected chi connectivity index (χ2v) is 6.72. The first-order chi connectivity index (χ1) is 11.1. The molecular weight excluding hydrogens is 290 g/mol. The highest BCUT2D eigenvalue weighted by Crippen LogP contribution is 2.24. The minimum Gasteiger partial charge on any atom is -0.368 e. The van der Waals surface area contributed by atoms with Crippen molar-refractivity contribution in [3.05, 3.63) is 17.1 Å². The summed E-state index contributed by atoms with van der Waals surface area (Å²) in [5.41, 5.74) is 1.52. The Hall–Kier alpha value is -1.69. The normalized spacial score (nSPS) is 21.4. The Bertz CT molecular complexity index is 587. The van der Waals surface area contributed by atoms with Gasteiger partial charge < -0.3 is 10.6 Å². The monoisotopic (exact) mass is 317 g/mol. The Morgan fingerprint density at radius 1 is 1.39 bits per heavy atom. The molecule has 2 aliphatic rings. The minimum absolute atomic E-state index is 0.0744. The first-order valence-electron chi connectivity index (χ1n) is 8.77. The summed E-state index contributed by atoms with van der Waals surface area (Å²) in [6.07, 6.45) is 3.29. The lowest BCUT2D eigenvalue weighted by molar-refractivity contribution is 0.0940. The van der Waals surface area contributed by atoms with Crippen molar-refractivity contribution in [1.82, 2.24) is 20.2 Å². The molecule has 2 aliphatic heterocycles. The maximum Gasteiger partial charge on any atom is 0.270 e. The van der Waals surface area contributed by atoms with Crippen molar-refractivity contribution in [2.24, 2.45) is 0 Å². The Morgan fingerprint density at radius 3 is 2.96 bits per heavy atom. The van der Waals surface area contributed by atoms with Gasteiger partial charge in [-0.25, -0.2) is 9.97 Å². The molecule has 0 radical (unpaired) electrons. The number of likely N-dealkylation sites (tertiary alicyclic amines) is 1. The maximum absolute atomic E-state index is 12.1. The molecule has 1 aromatic rings. The van der Waals surface area contributed by atoms with Gasteiger partial charge in [-0.1, -0.05) is 20.8 Å². The van der Waals surface area contributed by atoms with E-state index in [4.69, 9.17) is 4.98 Å². The van der Waals surface area contributed by atoms with Gasteiger partial charge >= 0.3 is 0 Å². The number of hydrogen-bond donors (Lipinski definition) is 2. The maximum atomic E-state index is 12.1. The number of carbonyl (C=O) groups excluding carboxylic acids is 1. The molecule has 0 aliphatic carbocycles. The van der Waals surface area contributed by atoms with Crippen LogP contribution in [-0.2, 0) is 6.42 Å². The van der Waals surface area contributed by atoms with Crippen LogP contribution in [0, 0.1) is 0 Å². The molecule has 3 heterocycles. The number of amides is 1. The molecule has 23 heavy (non-hydrogen) atoms. The van der Waals surface area contributed by atoms with E-state index in [1.807, 2.05) is 0 Å². The van der Waals surface area contributed by atoms with E-state index in [1.54, 1.807) is 0 Å². The topological polar surface area (TPSA) is 70.2 Å². The van der Waals surface area contributed by atoms with Crippen molar-refractivity contribution in [2.45, 2.75) is 52.0 Å². The molecule has 1 atom stereocenters. The summed E-state index contributed by atoms with van der Waals surface area (Å²) in [5, 5.41) is 6.40. The van der Waals surface area contributed by atoms with Crippen LogP contribution in [0.15, 0.2) is 0 Å². The number of anilines is 1. The van der Waals surface area contributed by atoms with Gasteiger partial charge in [-0.15, -0.1) is 0 Å². The minimum atomic E-state index is -0.0744. The zero-order valence-electron chi connectivity index (χ0n) is 14.4. The van der Waals surface area contributed by atoms with Crippen molar-refractivity contribution in [3.63, 3.8) is 0 Å². The van der Waals surface area contributed by atoms with Crippen LogP contribution in [-0.4, -0.2) is 53.0 Å². The number of nitrogens with zero attached hydrogens (tertiary/aromatic N) is 3. The first kappa shape index (κ1) is 16.2. The van der Waals surface area contributed by atoms with E-state index in [-0.39, 0.29) is 11.8 Å².